The Labute approximate surface area is 104 Å². The molecule has 2 nitrogen and oxygen atoms in total. The summed E-state index contributed by atoms with van der Waals surface area (Å²) in [6.45, 7) is 4.28. The van der Waals surface area contributed by atoms with E-state index in [1.807, 2.05) is 12.1 Å². The third kappa shape index (κ3) is 3.01. The molecule has 1 aliphatic carbocycles. The average Bonchev–Trinajstić information content (AvgIpc) is 2.29. The van der Waals surface area contributed by atoms with Gasteiger partial charge in [-0.2, -0.15) is 0 Å². The molecule has 0 aliphatic heterocycles. The smallest absolute Gasteiger partial charge is 0.119 e. The molecule has 1 aromatic carbocycles. The van der Waals surface area contributed by atoms with Crippen LogP contribution in [0.15, 0.2) is 18.2 Å². The van der Waals surface area contributed by atoms with Crippen LogP contribution in [0.3, 0.4) is 0 Å². The van der Waals surface area contributed by atoms with E-state index in [4.69, 9.17) is 4.74 Å². The molecule has 1 N–H and O–H groups in total. The molecule has 2 atom stereocenters. The average molecular weight is 234 g/mol. The monoisotopic (exact) mass is 234 g/mol. The molecule has 2 unspecified atom stereocenters. The molecule has 0 saturated heterocycles. The van der Waals surface area contributed by atoms with E-state index in [0.717, 1.165) is 43.4 Å². The highest BCUT2D eigenvalue weighted by molar-refractivity contribution is 5.38. The summed E-state index contributed by atoms with van der Waals surface area (Å²) in [6.07, 6.45) is 5.24. The Balaban J connectivity index is 2.10. The van der Waals surface area contributed by atoms with Gasteiger partial charge in [-0.1, -0.05) is 19.4 Å². The molecule has 0 radical (unpaired) electrons. The van der Waals surface area contributed by atoms with Crippen LogP contribution in [0.1, 0.15) is 56.8 Å². The summed E-state index contributed by atoms with van der Waals surface area (Å²) < 4.78 is 5.87. The molecule has 0 amide bonds. The Morgan fingerprint density at radius 1 is 1.47 bits per heavy atom. The molecular weight excluding hydrogens is 212 g/mol. The minimum absolute atomic E-state index is 0.270. The first-order valence-electron chi connectivity index (χ1n) is 6.68. The van der Waals surface area contributed by atoms with Gasteiger partial charge in [-0.15, -0.1) is 0 Å². The minimum Gasteiger partial charge on any atom is -0.491 e. The van der Waals surface area contributed by atoms with Gasteiger partial charge in [0.2, 0.25) is 0 Å². The third-order valence-corrected chi connectivity index (χ3v) is 3.43. The maximum absolute atomic E-state index is 9.88. The molecule has 0 fully saturated rings. The van der Waals surface area contributed by atoms with Crippen molar-refractivity contribution in [2.24, 2.45) is 0 Å². The van der Waals surface area contributed by atoms with E-state index in [1.54, 1.807) is 0 Å². The van der Waals surface area contributed by atoms with Crippen LogP contribution in [0.2, 0.25) is 0 Å². The predicted octanol–water partition coefficient (Wildman–Crippen LogP) is 3.62. The van der Waals surface area contributed by atoms with Crippen molar-refractivity contribution in [2.45, 2.75) is 58.2 Å². The SMILES string of the molecule is CCCC(C)Oc1ccc2c(c1)CCCC2O. The topological polar surface area (TPSA) is 29.5 Å². The van der Waals surface area contributed by atoms with Gasteiger partial charge in [-0.05, 0) is 55.9 Å². The van der Waals surface area contributed by atoms with Gasteiger partial charge in [0.1, 0.15) is 5.75 Å². The zero-order chi connectivity index (χ0) is 12.3. The fraction of sp³-hybridized carbons (Fsp3) is 0.600. The first kappa shape index (κ1) is 12.4. The third-order valence-electron chi connectivity index (χ3n) is 3.43. The van der Waals surface area contributed by atoms with Gasteiger partial charge < -0.3 is 9.84 Å². The largest absolute Gasteiger partial charge is 0.491 e. The van der Waals surface area contributed by atoms with Crippen LogP contribution in [-0.4, -0.2) is 11.2 Å². The first-order chi connectivity index (χ1) is 8.20. The maximum Gasteiger partial charge on any atom is 0.119 e. The number of benzene rings is 1. The van der Waals surface area contributed by atoms with Crippen LogP contribution in [0.4, 0.5) is 0 Å². The van der Waals surface area contributed by atoms with Crippen LogP contribution >= 0.6 is 0 Å². The molecule has 94 valence electrons. The second kappa shape index (κ2) is 5.54. The summed E-state index contributed by atoms with van der Waals surface area (Å²) in [5, 5.41) is 9.88. The summed E-state index contributed by atoms with van der Waals surface area (Å²) in [5.41, 5.74) is 2.34. The molecule has 0 spiro atoms. The van der Waals surface area contributed by atoms with E-state index >= 15 is 0 Å². The summed E-state index contributed by atoms with van der Waals surface area (Å²) in [5.74, 6) is 0.943. The van der Waals surface area contributed by atoms with Gasteiger partial charge in [0.15, 0.2) is 0 Å². The van der Waals surface area contributed by atoms with Crippen LogP contribution in [0, 0.1) is 0 Å². The second-order valence-corrected chi connectivity index (χ2v) is 4.99. The molecular formula is C15H22O2. The number of hydrogen-bond donors (Lipinski definition) is 1. The number of aliphatic hydroxyl groups is 1. The molecule has 1 aromatic rings. The Hall–Kier alpha value is -1.02. The predicted molar refractivity (Wildman–Crippen MR) is 69.3 cm³/mol. The lowest BCUT2D eigenvalue weighted by molar-refractivity contribution is 0.156. The van der Waals surface area contributed by atoms with E-state index in [0.29, 0.717) is 0 Å². The van der Waals surface area contributed by atoms with Crippen LogP contribution < -0.4 is 4.74 Å². The highest BCUT2D eigenvalue weighted by Gasteiger charge is 2.18. The molecule has 1 aliphatic rings. The van der Waals surface area contributed by atoms with Crippen molar-refractivity contribution in [3.8, 4) is 5.75 Å². The molecule has 2 heteroatoms. The normalized spacial score (nSPS) is 20.8. The molecule has 0 heterocycles. The number of ether oxygens (including phenoxy) is 1. The number of hydrogen-bond acceptors (Lipinski definition) is 2. The van der Waals surface area contributed by atoms with E-state index in [2.05, 4.69) is 19.9 Å². The lowest BCUT2D eigenvalue weighted by Crippen LogP contribution is -2.13. The Morgan fingerprint density at radius 2 is 2.29 bits per heavy atom. The van der Waals surface area contributed by atoms with E-state index in [9.17, 15) is 5.11 Å². The molecule has 0 aromatic heterocycles. The molecule has 0 bridgehead atoms. The van der Waals surface area contributed by atoms with Gasteiger partial charge in [0.25, 0.3) is 0 Å². The van der Waals surface area contributed by atoms with Gasteiger partial charge in [0.05, 0.1) is 12.2 Å². The van der Waals surface area contributed by atoms with Crippen molar-refractivity contribution in [1.82, 2.24) is 0 Å². The zero-order valence-corrected chi connectivity index (χ0v) is 10.8. The Bertz CT molecular complexity index is 373. The van der Waals surface area contributed by atoms with Crippen molar-refractivity contribution in [2.75, 3.05) is 0 Å². The summed E-state index contributed by atoms with van der Waals surface area (Å²) in [7, 11) is 0. The van der Waals surface area contributed by atoms with Crippen molar-refractivity contribution in [3.05, 3.63) is 29.3 Å². The van der Waals surface area contributed by atoms with Crippen LogP contribution in [0.25, 0.3) is 0 Å². The standard InChI is InChI=1S/C15H22O2/c1-3-5-11(2)17-13-8-9-14-12(10-13)6-4-7-15(14)16/h8-11,15-16H,3-7H2,1-2H3. The highest BCUT2D eigenvalue weighted by atomic mass is 16.5. The molecule has 17 heavy (non-hydrogen) atoms. The van der Waals surface area contributed by atoms with Crippen molar-refractivity contribution >= 4 is 0 Å². The van der Waals surface area contributed by atoms with Crippen LogP contribution in [-0.2, 0) is 6.42 Å². The van der Waals surface area contributed by atoms with E-state index < -0.39 is 0 Å². The first-order valence-corrected chi connectivity index (χ1v) is 6.68. The Morgan fingerprint density at radius 3 is 3.06 bits per heavy atom. The number of aryl methyl sites for hydroxylation is 1. The molecule has 0 saturated carbocycles. The second-order valence-electron chi connectivity index (χ2n) is 4.99. The fourth-order valence-corrected chi connectivity index (χ4v) is 2.54. The van der Waals surface area contributed by atoms with E-state index in [-0.39, 0.29) is 12.2 Å². The summed E-state index contributed by atoms with van der Waals surface area (Å²) >= 11 is 0. The van der Waals surface area contributed by atoms with Crippen LogP contribution in [0.5, 0.6) is 5.75 Å². The summed E-state index contributed by atoms with van der Waals surface area (Å²) in [6, 6.07) is 6.11. The van der Waals surface area contributed by atoms with Crippen molar-refractivity contribution < 1.29 is 9.84 Å². The van der Waals surface area contributed by atoms with Gasteiger partial charge in [0, 0.05) is 0 Å². The minimum atomic E-state index is -0.277. The van der Waals surface area contributed by atoms with E-state index in [1.165, 1.54) is 5.56 Å². The quantitative estimate of drug-likeness (QED) is 0.862. The maximum atomic E-state index is 9.88. The number of fused-ring (bicyclic) bond motifs is 1. The van der Waals surface area contributed by atoms with Gasteiger partial charge in [-0.25, -0.2) is 0 Å². The lowest BCUT2D eigenvalue weighted by Gasteiger charge is -2.22. The van der Waals surface area contributed by atoms with Gasteiger partial charge in [-0.3, -0.25) is 0 Å². The van der Waals surface area contributed by atoms with Crippen molar-refractivity contribution in [1.29, 1.82) is 0 Å². The van der Waals surface area contributed by atoms with Gasteiger partial charge >= 0.3 is 0 Å². The zero-order valence-electron chi connectivity index (χ0n) is 10.8. The highest BCUT2D eigenvalue weighted by Crippen LogP contribution is 2.32. The number of aliphatic hydroxyl groups excluding tert-OH is 1. The summed E-state index contributed by atoms with van der Waals surface area (Å²) in [4.78, 5) is 0. The lowest BCUT2D eigenvalue weighted by atomic mass is 9.89. The Kier molecular flexibility index (Phi) is 4.06. The fourth-order valence-electron chi connectivity index (χ4n) is 2.54. The number of rotatable bonds is 4. The van der Waals surface area contributed by atoms with Crippen molar-refractivity contribution in [3.63, 3.8) is 0 Å². The molecule has 2 rings (SSSR count).